The first-order valence-electron chi connectivity index (χ1n) is 10.2. The molecular formula is C24H23N5O3. The maximum Gasteiger partial charge on any atom is 0.312 e. The molecule has 4 rings (SSSR count). The molecule has 0 radical (unpaired) electrons. The van der Waals surface area contributed by atoms with E-state index in [-0.39, 0.29) is 18.9 Å². The second-order valence-corrected chi connectivity index (χ2v) is 7.23. The van der Waals surface area contributed by atoms with E-state index in [9.17, 15) is 9.59 Å². The third kappa shape index (κ3) is 5.42. The number of carbonyl (C=O) groups is 2. The van der Waals surface area contributed by atoms with Gasteiger partial charge in [-0.3, -0.25) is 4.79 Å². The Morgan fingerprint density at radius 3 is 2.50 bits per heavy atom. The number of nitrogens with one attached hydrogen (secondary N) is 3. The topological polar surface area (TPSA) is 122 Å². The van der Waals surface area contributed by atoms with Gasteiger partial charge in [0.2, 0.25) is 5.91 Å². The molecule has 32 heavy (non-hydrogen) atoms. The van der Waals surface area contributed by atoms with Crippen molar-refractivity contribution in [3.05, 3.63) is 90.3 Å². The molecule has 1 unspecified atom stereocenters. The van der Waals surface area contributed by atoms with E-state index in [0.717, 1.165) is 11.0 Å². The van der Waals surface area contributed by atoms with Gasteiger partial charge in [-0.15, -0.1) is 0 Å². The Hall–Kier alpha value is -4.33. The van der Waals surface area contributed by atoms with Gasteiger partial charge in [-0.2, -0.15) is 0 Å². The molecule has 0 fully saturated rings. The minimum Gasteiger partial charge on any atom is -0.457 e. The van der Waals surface area contributed by atoms with Gasteiger partial charge in [0.05, 0.1) is 30.0 Å². The molecule has 5 N–H and O–H groups in total. The smallest absolute Gasteiger partial charge is 0.312 e. The second-order valence-electron chi connectivity index (χ2n) is 7.23. The lowest BCUT2D eigenvalue weighted by molar-refractivity contribution is -0.121. The molecule has 1 aromatic heterocycles. The van der Waals surface area contributed by atoms with Gasteiger partial charge in [0.1, 0.15) is 17.3 Å². The lowest BCUT2D eigenvalue weighted by Crippen LogP contribution is -2.36. The summed E-state index contributed by atoms with van der Waals surface area (Å²) in [5.41, 5.74) is 7.79. The second kappa shape index (κ2) is 9.65. The number of benzene rings is 3. The quantitative estimate of drug-likeness (QED) is 0.340. The van der Waals surface area contributed by atoms with Gasteiger partial charge in [0.15, 0.2) is 0 Å². The Balaban J connectivity index is 1.43. The molecule has 0 saturated heterocycles. The lowest BCUT2D eigenvalue weighted by atomic mass is 10.0. The number of amides is 3. The zero-order valence-electron chi connectivity index (χ0n) is 17.2. The Kier molecular flexibility index (Phi) is 6.31. The molecule has 0 aliphatic heterocycles. The maximum absolute atomic E-state index is 12.6. The number of urea groups is 1. The average molecular weight is 429 g/mol. The van der Waals surface area contributed by atoms with Crippen LogP contribution in [-0.2, 0) is 11.3 Å². The number of fused-ring (bicyclic) bond motifs is 1. The standard InChI is InChI=1S/C24H23N5O3/c25-24(31)29-21(16-7-6-10-18(13-16)32-17-8-2-1-3-9-17)14-23(30)26-15-22-27-19-11-4-5-12-20(19)28-22/h1-13,21H,14-15H2,(H,26,30)(H,27,28)(H3,25,29,31). The molecule has 162 valence electrons. The molecule has 1 atom stereocenters. The number of H-pyrrole nitrogens is 1. The van der Waals surface area contributed by atoms with Gasteiger partial charge in [0.25, 0.3) is 0 Å². The number of nitrogens with zero attached hydrogens (tertiary/aromatic N) is 1. The summed E-state index contributed by atoms with van der Waals surface area (Å²) >= 11 is 0. The number of hydrogen-bond donors (Lipinski definition) is 4. The van der Waals surface area contributed by atoms with Crippen molar-refractivity contribution in [2.45, 2.75) is 19.0 Å². The highest BCUT2D eigenvalue weighted by Crippen LogP contribution is 2.26. The summed E-state index contributed by atoms with van der Waals surface area (Å²) in [5, 5.41) is 5.47. The minimum atomic E-state index is -0.713. The molecule has 0 aliphatic rings. The van der Waals surface area contributed by atoms with Crippen molar-refractivity contribution < 1.29 is 14.3 Å². The van der Waals surface area contributed by atoms with Crippen LogP contribution in [-0.4, -0.2) is 21.9 Å². The fourth-order valence-electron chi connectivity index (χ4n) is 3.37. The molecule has 4 aromatic rings. The Morgan fingerprint density at radius 1 is 0.969 bits per heavy atom. The number of rotatable bonds is 8. The first-order valence-corrected chi connectivity index (χ1v) is 10.2. The largest absolute Gasteiger partial charge is 0.457 e. The number of hydrogen-bond acceptors (Lipinski definition) is 4. The molecule has 1 heterocycles. The van der Waals surface area contributed by atoms with Gasteiger partial charge < -0.3 is 26.1 Å². The zero-order valence-corrected chi connectivity index (χ0v) is 17.2. The summed E-state index contributed by atoms with van der Waals surface area (Å²) in [6.07, 6.45) is 0.0119. The first kappa shape index (κ1) is 20.9. The van der Waals surface area contributed by atoms with Crippen LogP contribution in [0, 0.1) is 0 Å². The van der Waals surface area contributed by atoms with Gasteiger partial charge in [-0.05, 0) is 42.0 Å². The van der Waals surface area contributed by atoms with Crippen LogP contribution in [0.2, 0.25) is 0 Å². The van der Waals surface area contributed by atoms with Gasteiger partial charge >= 0.3 is 6.03 Å². The Labute approximate surface area is 184 Å². The monoisotopic (exact) mass is 429 g/mol. The molecule has 3 aromatic carbocycles. The van der Waals surface area contributed by atoms with E-state index in [1.54, 1.807) is 18.2 Å². The number of nitrogens with two attached hydrogens (primary N) is 1. The van der Waals surface area contributed by atoms with E-state index in [0.29, 0.717) is 22.9 Å². The van der Waals surface area contributed by atoms with Crippen LogP contribution < -0.4 is 21.1 Å². The predicted molar refractivity (Wildman–Crippen MR) is 121 cm³/mol. The summed E-state index contributed by atoms with van der Waals surface area (Å²) in [4.78, 5) is 31.8. The van der Waals surface area contributed by atoms with Crippen LogP contribution in [0.5, 0.6) is 11.5 Å². The van der Waals surface area contributed by atoms with E-state index < -0.39 is 12.1 Å². The SMILES string of the molecule is NC(=O)NC(CC(=O)NCc1nc2ccccc2[nH]1)c1cccc(Oc2ccccc2)c1. The minimum absolute atomic E-state index is 0.0119. The fraction of sp³-hybridized carbons (Fsp3) is 0.125. The number of ether oxygens (including phenoxy) is 1. The van der Waals surface area contributed by atoms with Crippen molar-refractivity contribution in [3.63, 3.8) is 0 Å². The average Bonchev–Trinajstić information content (AvgIpc) is 3.21. The summed E-state index contributed by atoms with van der Waals surface area (Å²) < 4.78 is 5.86. The highest BCUT2D eigenvalue weighted by Gasteiger charge is 2.18. The molecular weight excluding hydrogens is 406 g/mol. The highest BCUT2D eigenvalue weighted by molar-refractivity contribution is 5.79. The summed E-state index contributed by atoms with van der Waals surface area (Å²) in [7, 11) is 0. The van der Waals surface area contributed by atoms with Crippen LogP contribution in [0.4, 0.5) is 4.79 Å². The molecule has 8 nitrogen and oxygen atoms in total. The van der Waals surface area contributed by atoms with Crippen LogP contribution >= 0.6 is 0 Å². The number of carbonyl (C=O) groups excluding carboxylic acids is 2. The van der Waals surface area contributed by atoms with E-state index in [1.807, 2.05) is 60.7 Å². The molecule has 0 saturated carbocycles. The van der Waals surface area contributed by atoms with Gasteiger partial charge in [0, 0.05) is 0 Å². The number of primary amides is 1. The van der Waals surface area contributed by atoms with Crippen LogP contribution in [0.3, 0.4) is 0 Å². The van der Waals surface area contributed by atoms with Crippen LogP contribution in [0.15, 0.2) is 78.9 Å². The van der Waals surface area contributed by atoms with E-state index in [2.05, 4.69) is 20.6 Å². The van der Waals surface area contributed by atoms with E-state index in [4.69, 9.17) is 10.5 Å². The maximum atomic E-state index is 12.6. The van der Waals surface area contributed by atoms with Crippen molar-refractivity contribution in [1.29, 1.82) is 0 Å². The van der Waals surface area contributed by atoms with Crippen LogP contribution in [0.25, 0.3) is 11.0 Å². The number of aromatic amines is 1. The summed E-state index contributed by atoms with van der Waals surface area (Å²) in [6.45, 7) is 0.244. The molecule has 8 heteroatoms. The lowest BCUT2D eigenvalue weighted by Gasteiger charge is -2.18. The number of aromatic nitrogens is 2. The molecule has 0 aliphatic carbocycles. The van der Waals surface area contributed by atoms with Crippen molar-refractivity contribution >= 4 is 23.0 Å². The highest BCUT2D eigenvalue weighted by atomic mass is 16.5. The van der Waals surface area contributed by atoms with Crippen LogP contribution in [0.1, 0.15) is 23.9 Å². The molecule has 0 spiro atoms. The third-order valence-electron chi connectivity index (χ3n) is 4.84. The fourth-order valence-corrected chi connectivity index (χ4v) is 3.37. The Bertz CT molecular complexity index is 1190. The van der Waals surface area contributed by atoms with Gasteiger partial charge in [-0.1, -0.05) is 42.5 Å². The van der Waals surface area contributed by atoms with E-state index in [1.165, 1.54) is 0 Å². The van der Waals surface area contributed by atoms with Crippen molar-refractivity contribution in [3.8, 4) is 11.5 Å². The van der Waals surface area contributed by atoms with Crippen molar-refractivity contribution in [1.82, 2.24) is 20.6 Å². The normalized spacial score (nSPS) is 11.6. The number of para-hydroxylation sites is 3. The van der Waals surface area contributed by atoms with Gasteiger partial charge in [-0.25, -0.2) is 9.78 Å². The number of imidazole rings is 1. The van der Waals surface area contributed by atoms with Crippen molar-refractivity contribution in [2.24, 2.45) is 5.73 Å². The summed E-state index contributed by atoms with van der Waals surface area (Å²) in [6, 6.07) is 22.9. The third-order valence-corrected chi connectivity index (χ3v) is 4.84. The van der Waals surface area contributed by atoms with E-state index >= 15 is 0 Å². The van der Waals surface area contributed by atoms with Crippen molar-refractivity contribution in [2.75, 3.05) is 0 Å². The molecule has 3 amide bonds. The first-order chi connectivity index (χ1) is 15.6. The Morgan fingerprint density at radius 2 is 1.72 bits per heavy atom. The zero-order chi connectivity index (χ0) is 22.3. The molecule has 0 bridgehead atoms. The summed E-state index contributed by atoms with van der Waals surface area (Å²) in [5.74, 6) is 1.68. The predicted octanol–water partition coefficient (Wildman–Crippen LogP) is 3.77.